The molecule has 0 saturated carbocycles. The number of nitrogens with one attached hydrogen (secondary N) is 1. The molecule has 0 bridgehead atoms. The molecule has 1 saturated heterocycles. The molecule has 4 nitrogen and oxygen atoms in total. The molecule has 2 aliphatic heterocycles. The highest BCUT2D eigenvalue weighted by Crippen LogP contribution is 2.31. The van der Waals surface area contributed by atoms with Crippen LogP contribution in [0.5, 0.6) is 0 Å². The van der Waals surface area contributed by atoms with Gasteiger partial charge in [-0.3, -0.25) is 0 Å². The topological polar surface area (TPSA) is 41.6 Å². The number of ether oxygens (including phenoxy) is 1. The van der Waals surface area contributed by atoms with Crippen molar-refractivity contribution in [3.63, 3.8) is 0 Å². The zero-order chi connectivity index (χ0) is 19.3. The normalized spacial score (nSPS) is 16.5. The van der Waals surface area contributed by atoms with Crippen LogP contribution in [0.15, 0.2) is 36.4 Å². The average Bonchev–Trinajstić information content (AvgIpc) is 2.91. The van der Waals surface area contributed by atoms with Crippen molar-refractivity contribution in [2.75, 3.05) is 31.6 Å². The Hall–Kier alpha value is -2.33. The van der Waals surface area contributed by atoms with Crippen LogP contribution in [0.3, 0.4) is 0 Å². The molecule has 0 atom stereocenters. The number of piperidine rings is 1. The van der Waals surface area contributed by atoms with Gasteiger partial charge < -0.3 is 15.0 Å². The predicted octanol–water partition coefficient (Wildman–Crippen LogP) is 4.73. The van der Waals surface area contributed by atoms with E-state index in [1.165, 1.54) is 54.7 Å². The second-order valence-corrected chi connectivity index (χ2v) is 7.86. The van der Waals surface area contributed by atoms with Crippen LogP contribution >= 0.6 is 0 Å². The van der Waals surface area contributed by atoms with E-state index in [0.717, 1.165) is 31.5 Å². The van der Waals surface area contributed by atoms with Crippen molar-refractivity contribution >= 4 is 17.3 Å². The number of carbonyl (C=O) groups excluding carboxylic acids is 1. The maximum atomic E-state index is 12.0. The van der Waals surface area contributed by atoms with E-state index < -0.39 is 0 Å². The molecule has 0 unspecified atom stereocenters. The Morgan fingerprint density at radius 3 is 2.46 bits per heavy atom. The van der Waals surface area contributed by atoms with Crippen molar-refractivity contribution in [3.05, 3.63) is 58.7 Å². The summed E-state index contributed by atoms with van der Waals surface area (Å²) >= 11 is 0. The number of likely N-dealkylation sites (tertiary alicyclic amines) is 1. The monoisotopic (exact) mass is 378 g/mol. The minimum Gasteiger partial charge on any atom is -0.462 e. The summed E-state index contributed by atoms with van der Waals surface area (Å²) in [4.78, 5) is 14.6. The van der Waals surface area contributed by atoms with Crippen molar-refractivity contribution in [1.29, 1.82) is 0 Å². The molecule has 2 aromatic rings. The third-order valence-corrected chi connectivity index (χ3v) is 5.88. The number of fused-ring (bicyclic) bond motifs is 2. The van der Waals surface area contributed by atoms with Gasteiger partial charge in [-0.15, -0.1) is 0 Å². The maximum Gasteiger partial charge on any atom is 0.338 e. The molecule has 1 fully saturated rings. The number of carbonyl (C=O) groups is 1. The molecule has 0 amide bonds. The van der Waals surface area contributed by atoms with Gasteiger partial charge in [0.2, 0.25) is 0 Å². The van der Waals surface area contributed by atoms with Crippen LogP contribution < -0.4 is 5.32 Å². The van der Waals surface area contributed by atoms with Crippen molar-refractivity contribution in [2.24, 2.45) is 0 Å². The van der Waals surface area contributed by atoms with E-state index in [1.54, 1.807) is 0 Å². The molecule has 148 valence electrons. The fourth-order valence-electron chi connectivity index (χ4n) is 4.28. The summed E-state index contributed by atoms with van der Waals surface area (Å²) in [5.74, 6) is -0.243. The minimum absolute atomic E-state index is 0.243. The van der Waals surface area contributed by atoms with E-state index in [9.17, 15) is 4.79 Å². The van der Waals surface area contributed by atoms with Gasteiger partial charge >= 0.3 is 5.97 Å². The van der Waals surface area contributed by atoms with Gasteiger partial charge in [0.15, 0.2) is 0 Å². The Labute approximate surface area is 167 Å². The Morgan fingerprint density at radius 1 is 1.00 bits per heavy atom. The summed E-state index contributed by atoms with van der Waals surface area (Å²) < 4.78 is 5.14. The van der Waals surface area contributed by atoms with Gasteiger partial charge in [-0.25, -0.2) is 4.79 Å². The molecule has 0 radical (unpaired) electrons. The van der Waals surface area contributed by atoms with E-state index in [0.29, 0.717) is 12.2 Å². The number of anilines is 2. The molecule has 4 heteroatoms. The van der Waals surface area contributed by atoms with Crippen LogP contribution in [0.1, 0.15) is 53.2 Å². The first kappa shape index (κ1) is 19.0. The summed E-state index contributed by atoms with van der Waals surface area (Å²) in [7, 11) is 0. The molecule has 4 rings (SSSR count). The quantitative estimate of drug-likeness (QED) is 0.764. The standard InChI is InChI=1S/C24H30N2O2/c1-2-28-24(27)21-9-11-23-20(17-21)8-7-19-16-18(6-10-22(19)25-23)12-15-26-13-4-3-5-14-26/h6,9-11,16-17,25H,2-5,7-8,12-15H2,1H3. The van der Waals surface area contributed by atoms with Crippen LogP contribution in [0.2, 0.25) is 0 Å². The second kappa shape index (κ2) is 8.78. The van der Waals surface area contributed by atoms with Crippen molar-refractivity contribution in [2.45, 2.75) is 45.4 Å². The molecule has 0 spiro atoms. The zero-order valence-electron chi connectivity index (χ0n) is 16.8. The highest BCUT2D eigenvalue weighted by molar-refractivity contribution is 5.90. The summed E-state index contributed by atoms with van der Waals surface area (Å²) in [6.07, 6.45) is 7.12. The second-order valence-electron chi connectivity index (χ2n) is 7.86. The summed E-state index contributed by atoms with van der Waals surface area (Å²) in [6.45, 7) is 5.91. The molecular weight excluding hydrogens is 348 g/mol. The van der Waals surface area contributed by atoms with Gasteiger partial charge in [0.05, 0.1) is 12.2 Å². The lowest BCUT2D eigenvalue weighted by Crippen LogP contribution is -2.31. The summed E-state index contributed by atoms with van der Waals surface area (Å²) in [6, 6.07) is 12.7. The summed E-state index contributed by atoms with van der Waals surface area (Å²) in [5, 5.41) is 3.57. The first-order chi connectivity index (χ1) is 13.7. The third-order valence-electron chi connectivity index (χ3n) is 5.88. The minimum atomic E-state index is -0.243. The van der Waals surface area contributed by atoms with Gasteiger partial charge in [0, 0.05) is 17.9 Å². The maximum absolute atomic E-state index is 12.0. The van der Waals surface area contributed by atoms with E-state index in [2.05, 4.69) is 28.4 Å². The van der Waals surface area contributed by atoms with Gasteiger partial charge in [-0.2, -0.15) is 0 Å². The van der Waals surface area contributed by atoms with Crippen LogP contribution in [-0.2, 0) is 24.0 Å². The molecule has 1 N–H and O–H groups in total. The molecule has 0 aromatic heterocycles. The Balaban J connectivity index is 1.45. The average molecular weight is 379 g/mol. The Bertz CT molecular complexity index is 840. The fraction of sp³-hybridized carbons (Fsp3) is 0.458. The molecule has 0 aliphatic carbocycles. The first-order valence-electron chi connectivity index (χ1n) is 10.6. The van der Waals surface area contributed by atoms with E-state index in [-0.39, 0.29) is 5.97 Å². The molecule has 28 heavy (non-hydrogen) atoms. The number of nitrogens with zero attached hydrogens (tertiary/aromatic N) is 1. The third kappa shape index (κ3) is 4.39. The van der Waals surface area contributed by atoms with Gasteiger partial charge in [-0.05, 0) is 93.1 Å². The smallest absolute Gasteiger partial charge is 0.338 e. The van der Waals surface area contributed by atoms with Crippen LogP contribution in [0.4, 0.5) is 11.4 Å². The number of aryl methyl sites for hydroxylation is 2. The molecular formula is C24H30N2O2. The fourth-order valence-corrected chi connectivity index (χ4v) is 4.28. The Morgan fingerprint density at radius 2 is 1.71 bits per heavy atom. The largest absolute Gasteiger partial charge is 0.462 e. The lowest BCUT2D eigenvalue weighted by Gasteiger charge is -2.26. The van der Waals surface area contributed by atoms with E-state index in [1.807, 2.05) is 25.1 Å². The van der Waals surface area contributed by atoms with Crippen LogP contribution in [0.25, 0.3) is 0 Å². The lowest BCUT2D eigenvalue weighted by atomic mass is 10.00. The number of hydrogen-bond donors (Lipinski definition) is 1. The molecule has 2 aliphatic rings. The highest BCUT2D eigenvalue weighted by atomic mass is 16.5. The number of esters is 1. The summed E-state index contributed by atoms with van der Waals surface area (Å²) in [5.41, 5.74) is 6.87. The van der Waals surface area contributed by atoms with Crippen molar-refractivity contribution in [3.8, 4) is 0 Å². The van der Waals surface area contributed by atoms with Gasteiger partial charge in [0.1, 0.15) is 0 Å². The van der Waals surface area contributed by atoms with E-state index >= 15 is 0 Å². The Kier molecular flexibility index (Phi) is 5.96. The van der Waals surface area contributed by atoms with Crippen molar-refractivity contribution < 1.29 is 9.53 Å². The SMILES string of the molecule is CCOC(=O)c1ccc2c(c1)CCc1cc(CCN3CCCCC3)ccc1N2. The van der Waals surface area contributed by atoms with Gasteiger partial charge in [-0.1, -0.05) is 18.6 Å². The van der Waals surface area contributed by atoms with Crippen molar-refractivity contribution in [1.82, 2.24) is 4.90 Å². The molecule has 2 heterocycles. The van der Waals surface area contributed by atoms with Crippen LogP contribution in [-0.4, -0.2) is 37.1 Å². The predicted molar refractivity (Wildman–Crippen MR) is 114 cm³/mol. The number of benzene rings is 2. The van der Waals surface area contributed by atoms with Crippen LogP contribution in [0, 0.1) is 0 Å². The molecule has 2 aromatic carbocycles. The zero-order valence-corrected chi connectivity index (χ0v) is 16.8. The van der Waals surface area contributed by atoms with E-state index in [4.69, 9.17) is 4.74 Å². The van der Waals surface area contributed by atoms with Gasteiger partial charge in [0.25, 0.3) is 0 Å². The highest BCUT2D eigenvalue weighted by Gasteiger charge is 2.16. The number of rotatable bonds is 5. The lowest BCUT2D eigenvalue weighted by molar-refractivity contribution is 0.0526. The first-order valence-corrected chi connectivity index (χ1v) is 10.6. The number of hydrogen-bond acceptors (Lipinski definition) is 4.